The van der Waals surface area contributed by atoms with Crippen LogP contribution >= 0.6 is 35.6 Å². The zero-order chi connectivity index (χ0) is 19.9. The number of nitrogens with zero attached hydrogens (tertiary/aromatic N) is 3. The second-order valence-corrected chi connectivity index (χ2v) is 7.06. The van der Waals surface area contributed by atoms with E-state index in [0.29, 0.717) is 17.1 Å². The summed E-state index contributed by atoms with van der Waals surface area (Å²) >= 11 is 6.17. The average Bonchev–Trinajstić information content (AvgIpc) is 3.19. The lowest BCUT2D eigenvalue weighted by molar-refractivity contribution is 0.415. The second-order valence-electron chi connectivity index (χ2n) is 6.63. The van der Waals surface area contributed by atoms with E-state index in [4.69, 9.17) is 21.6 Å². The van der Waals surface area contributed by atoms with Crippen molar-refractivity contribution in [2.75, 3.05) is 32.1 Å². The molecule has 2 aromatic carbocycles. The Hall–Kier alpha value is -2.18. The molecule has 0 bridgehead atoms. The van der Waals surface area contributed by atoms with Crippen LogP contribution in [0.25, 0.3) is 0 Å². The normalized spacial score (nSPS) is 16.0. The summed E-state index contributed by atoms with van der Waals surface area (Å²) < 4.78 is 5.48. The first-order chi connectivity index (χ1) is 13.6. The zero-order valence-electron chi connectivity index (χ0n) is 16.5. The summed E-state index contributed by atoms with van der Waals surface area (Å²) in [5.74, 6) is 1.59. The number of nitriles is 1. The van der Waals surface area contributed by atoms with Crippen LogP contribution in [0.1, 0.15) is 17.5 Å². The standard InChI is InChI=1S/C21H24ClN5O.HI/c1-24-21(25-13-16-5-3-15(12-23)4-6-16)26-18-9-10-27(14-18)19-11-17(22)7-8-20(19)28-2;/h3-8,11,18H,9-10,13-14H2,1-2H3,(H2,24,25,26);1H. The molecule has 2 aromatic rings. The first-order valence-corrected chi connectivity index (χ1v) is 9.55. The van der Waals surface area contributed by atoms with E-state index in [-0.39, 0.29) is 30.0 Å². The van der Waals surface area contributed by atoms with Gasteiger partial charge in [0.1, 0.15) is 5.75 Å². The van der Waals surface area contributed by atoms with Crippen molar-refractivity contribution in [2.24, 2.45) is 4.99 Å². The molecule has 1 unspecified atom stereocenters. The number of hydrogen-bond donors (Lipinski definition) is 2. The maximum Gasteiger partial charge on any atom is 0.191 e. The Morgan fingerprint density at radius 2 is 2.07 bits per heavy atom. The molecule has 1 atom stereocenters. The van der Waals surface area contributed by atoms with Crippen LogP contribution in [0.15, 0.2) is 47.5 Å². The highest BCUT2D eigenvalue weighted by Crippen LogP contribution is 2.33. The van der Waals surface area contributed by atoms with Crippen LogP contribution in [0.5, 0.6) is 5.75 Å². The fraction of sp³-hybridized carbons (Fsp3) is 0.333. The minimum absolute atomic E-state index is 0. The number of nitrogens with one attached hydrogen (secondary N) is 2. The topological polar surface area (TPSA) is 72.7 Å². The molecule has 0 aliphatic carbocycles. The molecule has 1 aliphatic heterocycles. The van der Waals surface area contributed by atoms with E-state index in [1.807, 2.05) is 42.5 Å². The van der Waals surface area contributed by atoms with E-state index in [0.717, 1.165) is 42.5 Å². The van der Waals surface area contributed by atoms with E-state index in [2.05, 4.69) is 26.6 Å². The van der Waals surface area contributed by atoms with Crippen molar-refractivity contribution in [2.45, 2.75) is 19.0 Å². The lowest BCUT2D eigenvalue weighted by Crippen LogP contribution is -2.44. The highest BCUT2D eigenvalue weighted by atomic mass is 127. The fourth-order valence-electron chi connectivity index (χ4n) is 3.28. The van der Waals surface area contributed by atoms with Crippen LogP contribution in [0, 0.1) is 11.3 Å². The van der Waals surface area contributed by atoms with Crippen LogP contribution in [0.3, 0.4) is 0 Å². The molecular formula is C21H25ClIN5O. The largest absolute Gasteiger partial charge is 0.495 e. The first-order valence-electron chi connectivity index (χ1n) is 9.17. The van der Waals surface area contributed by atoms with Gasteiger partial charge in [-0.2, -0.15) is 5.26 Å². The minimum Gasteiger partial charge on any atom is -0.495 e. The Bertz CT molecular complexity index is 882. The lowest BCUT2D eigenvalue weighted by Gasteiger charge is -2.22. The van der Waals surface area contributed by atoms with E-state index in [1.54, 1.807) is 14.2 Å². The van der Waals surface area contributed by atoms with E-state index in [9.17, 15) is 0 Å². The van der Waals surface area contributed by atoms with E-state index in [1.165, 1.54) is 0 Å². The van der Waals surface area contributed by atoms with Gasteiger partial charge in [-0.1, -0.05) is 23.7 Å². The van der Waals surface area contributed by atoms with Gasteiger partial charge in [0, 0.05) is 37.7 Å². The maximum atomic E-state index is 8.88. The van der Waals surface area contributed by atoms with Gasteiger partial charge in [-0.3, -0.25) is 4.99 Å². The number of methoxy groups -OCH3 is 1. The Morgan fingerprint density at radius 3 is 2.72 bits per heavy atom. The molecule has 8 heteroatoms. The number of halogens is 2. The molecule has 154 valence electrons. The highest BCUT2D eigenvalue weighted by Gasteiger charge is 2.25. The van der Waals surface area contributed by atoms with Crippen molar-refractivity contribution in [3.8, 4) is 11.8 Å². The smallest absolute Gasteiger partial charge is 0.191 e. The van der Waals surface area contributed by atoms with Gasteiger partial charge < -0.3 is 20.3 Å². The number of benzene rings is 2. The maximum absolute atomic E-state index is 8.88. The third-order valence-electron chi connectivity index (χ3n) is 4.78. The lowest BCUT2D eigenvalue weighted by atomic mass is 10.1. The number of hydrogen-bond acceptors (Lipinski definition) is 4. The molecular weight excluding hydrogens is 501 g/mol. The van der Waals surface area contributed by atoms with E-state index < -0.39 is 0 Å². The molecule has 29 heavy (non-hydrogen) atoms. The zero-order valence-corrected chi connectivity index (χ0v) is 19.6. The molecule has 0 radical (unpaired) electrons. The van der Waals surface area contributed by atoms with Gasteiger partial charge >= 0.3 is 0 Å². The third-order valence-corrected chi connectivity index (χ3v) is 5.01. The molecule has 0 spiro atoms. The number of anilines is 1. The van der Waals surface area contributed by atoms with Crippen LogP contribution in [0.4, 0.5) is 5.69 Å². The summed E-state index contributed by atoms with van der Waals surface area (Å²) in [4.78, 5) is 6.60. The number of ether oxygens (including phenoxy) is 1. The van der Waals surface area contributed by atoms with Crippen LogP contribution < -0.4 is 20.3 Å². The summed E-state index contributed by atoms with van der Waals surface area (Å²) in [5.41, 5.74) is 2.77. The molecule has 6 nitrogen and oxygen atoms in total. The number of aliphatic imine (C=N–C) groups is 1. The molecule has 0 aromatic heterocycles. The third kappa shape index (κ3) is 6.15. The van der Waals surface area contributed by atoms with Gasteiger partial charge in [0.05, 0.1) is 24.4 Å². The second kappa shape index (κ2) is 11.1. The molecule has 0 saturated carbocycles. The molecule has 0 amide bonds. The van der Waals surface area contributed by atoms with Crippen LogP contribution in [0.2, 0.25) is 5.02 Å². The average molecular weight is 526 g/mol. The van der Waals surface area contributed by atoms with Gasteiger partial charge in [0.25, 0.3) is 0 Å². The summed E-state index contributed by atoms with van der Waals surface area (Å²) in [5, 5.41) is 16.4. The highest BCUT2D eigenvalue weighted by molar-refractivity contribution is 14.0. The van der Waals surface area contributed by atoms with Gasteiger partial charge in [-0.25, -0.2) is 0 Å². The number of rotatable bonds is 5. The van der Waals surface area contributed by atoms with Crippen LogP contribution in [-0.2, 0) is 6.54 Å². The summed E-state index contributed by atoms with van der Waals surface area (Å²) in [6, 6.07) is 15.6. The monoisotopic (exact) mass is 525 g/mol. The van der Waals surface area contributed by atoms with Crippen molar-refractivity contribution in [1.29, 1.82) is 5.26 Å². The molecule has 3 rings (SSSR count). The summed E-state index contributed by atoms with van der Waals surface area (Å²) in [6.45, 7) is 2.40. The minimum atomic E-state index is 0. The van der Waals surface area contributed by atoms with Gasteiger partial charge in [0.2, 0.25) is 0 Å². The van der Waals surface area contributed by atoms with Crippen molar-refractivity contribution < 1.29 is 4.74 Å². The Balaban J connectivity index is 0.00000300. The van der Waals surface area contributed by atoms with Crippen molar-refractivity contribution in [3.05, 3.63) is 58.6 Å². The summed E-state index contributed by atoms with van der Waals surface area (Å²) in [6.07, 6.45) is 0.993. The first kappa shape index (κ1) is 23.1. The molecule has 1 fully saturated rings. The summed E-state index contributed by atoms with van der Waals surface area (Å²) in [7, 11) is 3.44. The predicted molar refractivity (Wildman–Crippen MR) is 129 cm³/mol. The SMILES string of the molecule is CN=C(NCc1ccc(C#N)cc1)NC1CCN(c2cc(Cl)ccc2OC)C1.I. The fourth-order valence-corrected chi connectivity index (χ4v) is 3.44. The van der Waals surface area contributed by atoms with Gasteiger partial charge in [-0.05, 0) is 42.3 Å². The molecule has 1 heterocycles. The predicted octanol–water partition coefficient (Wildman–Crippen LogP) is 3.78. The Labute approximate surface area is 193 Å². The van der Waals surface area contributed by atoms with E-state index >= 15 is 0 Å². The van der Waals surface area contributed by atoms with Crippen molar-refractivity contribution in [3.63, 3.8) is 0 Å². The van der Waals surface area contributed by atoms with Crippen molar-refractivity contribution >= 4 is 47.2 Å². The molecule has 1 aliphatic rings. The Morgan fingerprint density at radius 1 is 1.31 bits per heavy atom. The van der Waals surface area contributed by atoms with Gasteiger partial charge in [-0.15, -0.1) is 24.0 Å². The molecule has 2 N–H and O–H groups in total. The van der Waals surface area contributed by atoms with Gasteiger partial charge in [0.15, 0.2) is 5.96 Å². The van der Waals surface area contributed by atoms with Crippen LogP contribution in [-0.4, -0.2) is 39.2 Å². The van der Waals surface area contributed by atoms with Crippen molar-refractivity contribution in [1.82, 2.24) is 10.6 Å². The molecule has 1 saturated heterocycles. The number of guanidine groups is 1. The quantitative estimate of drug-likeness (QED) is 0.353. The Kier molecular flexibility index (Phi) is 8.86.